The minimum atomic E-state index is -1.33. The van der Waals surface area contributed by atoms with Crippen LogP contribution in [0.15, 0.2) is 35.6 Å². The molecule has 4 rings (SSSR count). The summed E-state index contributed by atoms with van der Waals surface area (Å²) >= 11 is 0. The van der Waals surface area contributed by atoms with Gasteiger partial charge in [0.1, 0.15) is 5.75 Å². The van der Waals surface area contributed by atoms with Crippen LogP contribution in [0.4, 0.5) is 0 Å². The quantitative estimate of drug-likeness (QED) is 0.536. The second-order valence-corrected chi connectivity index (χ2v) is 9.39. The van der Waals surface area contributed by atoms with Crippen molar-refractivity contribution in [1.82, 2.24) is 15.0 Å². The van der Waals surface area contributed by atoms with Gasteiger partial charge in [-0.15, -0.1) is 0 Å². The van der Waals surface area contributed by atoms with Crippen LogP contribution in [0.25, 0.3) is 11.0 Å². The molecule has 0 aliphatic carbocycles. The first-order chi connectivity index (χ1) is 14.3. The van der Waals surface area contributed by atoms with Gasteiger partial charge in [0.25, 0.3) is 0 Å². The van der Waals surface area contributed by atoms with Crippen LogP contribution in [0.5, 0.6) is 5.75 Å². The largest absolute Gasteiger partial charge is 1.00 e. The zero-order chi connectivity index (χ0) is 21.3. The van der Waals surface area contributed by atoms with Gasteiger partial charge in [-0.2, -0.15) is 0 Å². The molecule has 0 amide bonds. The minimum absolute atomic E-state index is 0. The number of fused-ring (bicyclic) bond motifs is 1. The number of hydrogen-bond acceptors (Lipinski definition) is 6. The van der Waals surface area contributed by atoms with E-state index >= 15 is 0 Å². The minimum Gasteiger partial charge on any atom is -1.00 e. The zero-order valence-corrected chi connectivity index (χ0v) is 21.5. The van der Waals surface area contributed by atoms with E-state index in [0.29, 0.717) is 18.4 Å². The maximum Gasteiger partial charge on any atom is 1.00 e. The van der Waals surface area contributed by atoms with Gasteiger partial charge in [0, 0.05) is 18.2 Å². The molecule has 31 heavy (non-hydrogen) atoms. The maximum atomic E-state index is 12.9. The van der Waals surface area contributed by atoms with Gasteiger partial charge in [-0.25, -0.2) is 4.98 Å². The van der Waals surface area contributed by atoms with Crippen molar-refractivity contribution < 1.29 is 49.4 Å². The topological polar surface area (TPSA) is 86.3 Å². The molecule has 7 nitrogen and oxygen atoms in total. The average Bonchev–Trinajstić information content (AvgIpc) is 3.27. The van der Waals surface area contributed by atoms with Crippen molar-refractivity contribution in [3.63, 3.8) is 0 Å². The summed E-state index contributed by atoms with van der Waals surface area (Å²) in [6.45, 7) is 8.87. The Morgan fingerprint density at radius 1 is 1.32 bits per heavy atom. The molecule has 0 radical (unpaired) electrons. The van der Waals surface area contributed by atoms with Gasteiger partial charge < -0.3 is 20.6 Å². The number of hydrogen-bond donors (Lipinski definition) is 1. The van der Waals surface area contributed by atoms with Crippen molar-refractivity contribution in [2.75, 3.05) is 13.2 Å². The molecule has 1 N–H and O–H groups in total. The van der Waals surface area contributed by atoms with Gasteiger partial charge >= 0.3 is 29.6 Å². The number of imidazole rings is 1. The number of H-pyrrole nitrogens is 1. The standard InChI is InChI=1S/C22H27N3O4S.Na.H/c1-14-5-6-17-18(11-14)25-21(24-17)30(26)13-19-15(2)20(7-9-23-19)27-10-8-16-12-28-22(3,4)29-16;;/h5-7,9,11,16H,8,10,12-13H2,1-4H3,(H,24,25);;/q;+1;-1. The average molecular weight is 454 g/mol. The second-order valence-electron chi connectivity index (χ2n) is 8.02. The summed E-state index contributed by atoms with van der Waals surface area (Å²) in [5, 5.41) is 0.462. The predicted molar refractivity (Wildman–Crippen MR) is 116 cm³/mol. The Labute approximate surface area is 208 Å². The molecule has 3 aromatic rings. The number of aryl methyl sites for hydroxylation is 1. The van der Waals surface area contributed by atoms with Crippen LogP contribution in [0.3, 0.4) is 0 Å². The van der Waals surface area contributed by atoms with Gasteiger partial charge in [-0.05, 0) is 51.5 Å². The number of pyridine rings is 1. The summed E-state index contributed by atoms with van der Waals surface area (Å²) in [5.74, 6) is 0.495. The smallest absolute Gasteiger partial charge is 1.00 e. The second kappa shape index (κ2) is 10.1. The molecule has 9 heteroatoms. The van der Waals surface area contributed by atoms with Crippen LogP contribution in [-0.2, 0) is 26.0 Å². The Balaban J connectivity index is 0.00000181. The molecule has 1 aliphatic rings. The Morgan fingerprint density at radius 3 is 2.87 bits per heavy atom. The third-order valence-electron chi connectivity index (χ3n) is 5.12. The summed E-state index contributed by atoms with van der Waals surface area (Å²) in [7, 11) is -1.33. The Bertz CT molecular complexity index is 1090. The molecule has 2 aromatic heterocycles. The van der Waals surface area contributed by atoms with Crippen molar-refractivity contribution in [2.45, 2.75) is 56.9 Å². The number of ether oxygens (including phenoxy) is 3. The van der Waals surface area contributed by atoms with Crippen LogP contribution in [0.1, 0.15) is 38.5 Å². The Hall–Kier alpha value is -1.29. The first-order valence-electron chi connectivity index (χ1n) is 10.0. The van der Waals surface area contributed by atoms with E-state index in [1.54, 1.807) is 6.20 Å². The predicted octanol–water partition coefficient (Wildman–Crippen LogP) is 0.919. The van der Waals surface area contributed by atoms with Gasteiger partial charge in [0.05, 0.1) is 52.6 Å². The van der Waals surface area contributed by atoms with Crippen LogP contribution in [-0.4, -0.2) is 44.3 Å². The van der Waals surface area contributed by atoms with Crippen molar-refractivity contribution >= 4 is 21.8 Å². The van der Waals surface area contributed by atoms with E-state index in [9.17, 15) is 4.21 Å². The maximum absolute atomic E-state index is 12.9. The number of rotatable bonds is 7. The molecule has 162 valence electrons. The molecule has 1 aromatic carbocycles. The van der Waals surface area contributed by atoms with E-state index in [1.165, 1.54) is 0 Å². The first-order valence-corrected chi connectivity index (χ1v) is 11.4. The number of benzene rings is 1. The van der Waals surface area contributed by atoms with Crippen molar-refractivity contribution in [3.05, 3.63) is 47.3 Å². The van der Waals surface area contributed by atoms with Gasteiger partial charge in [-0.1, -0.05) is 6.07 Å². The number of aromatic nitrogens is 3. The van der Waals surface area contributed by atoms with E-state index in [2.05, 4.69) is 15.0 Å². The van der Waals surface area contributed by atoms with Gasteiger partial charge in [-0.3, -0.25) is 9.19 Å². The fourth-order valence-corrected chi connectivity index (χ4v) is 4.57. The van der Waals surface area contributed by atoms with E-state index in [-0.39, 0.29) is 42.8 Å². The van der Waals surface area contributed by atoms with Crippen molar-refractivity contribution in [3.8, 4) is 5.75 Å². The van der Waals surface area contributed by atoms with Crippen molar-refractivity contribution in [2.24, 2.45) is 0 Å². The SMILES string of the molecule is Cc1ccc2nc(S(=O)Cc3nccc(OCCC4COC(C)(C)O4)c3C)[nH]c2c1.[H-].[Na+]. The summed E-state index contributed by atoms with van der Waals surface area (Å²) < 4.78 is 30.2. The van der Waals surface area contributed by atoms with Gasteiger partial charge in [0.2, 0.25) is 0 Å². The number of nitrogens with zero attached hydrogens (tertiary/aromatic N) is 2. The molecule has 1 aliphatic heterocycles. The van der Waals surface area contributed by atoms with E-state index in [1.807, 2.05) is 52.0 Å². The van der Waals surface area contributed by atoms with Crippen molar-refractivity contribution in [1.29, 1.82) is 0 Å². The molecule has 2 unspecified atom stereocenters. The molecule has 3 heterocycles. The van der Waals surface area contributed by atoms with Crippen LogP contribution < -0.4 is 34.3 Å². The van der Waals surface area contributed by atoms with E-state index < -0.39 is 16.6 Å². The molecule has 1 saturated heterocycles. The molecule has 0 bridgehead atoms. The van der Waals surface area contributed by atoms with E-state index in [4.69, 9.17) is 14.2 Å². The fourth-order valence-electron chi connectivity index (χ4n) is 3.47. The number of aromatic amines is 1. The molecule has 0 saturated carbocycles. The van der Waals surface area contributed by atoms with Crippen LogP contribution in [0.2, 0.25) is 0 Å². The zero-order valence-electron chi connectivity index (χ0n) is 19.7. The molecular formula is C22H28N3NaO4S. The Morgan fingerprint density at radius 2 is 2.13 bits per heavy atom. The molecule has 2 atom stereocenters. The van der Waals surface area contributed by atoms with E-state index in [0.717, 1.165) is 40.0 Å². The van der Waals surface area contributed by atoms with Crippen LogP contribution >= 0.6 is 0 Å². The normalized spacial score (nSPS) is 18.6. The fraction of sp³-hybridized carbons (Fsp3) is 0.455. The third kappa shape index (κ3) is 5.94. The molecular weight excluding hydrogens is 425 g/mol. The van der Waals surface area contributed by atoms with Crippen LogP contribution in [0, 0.1) is 13.8 Å². The molecule has 0 spiro atoms. The summed E-state index contributed by atoms with van der Waals surface area (Å²) in [5.41, 5.74) is 4.46. The number of nitrogens with one attached hydrogen (secondary N) is 1. The third-order valence-corrected chi connectivity index (χ3v) is 6.28. The summed E-state index contributed by atoms with van der Waals surface area (Å²) in [6, 6.07) is 7.76. The first kappa shape index (κ1) is 24.4. The summed E-state index contributed by atoms with van der Waals surface area (Å²) in [6.07, 6.45) is 2.46. The van der Waals surface area contributed by atoms with Gasteiger partial charge in [0.15, 0.2) is 10.9 Å². The molecule has 1 fully saturated rings. The summed E-state index contributed by atoms with van der Waals surface area (Å²) in [4.78, 5) is 12.1. The Kier molecular flexibility index (Phi) is 7.94. The monoisotopic (exact) mass is 453 g/mol.